The molecule has 1 aromatic carbocycles. The molecule has 0 saturated carbocycles. The van der Waals surface area contributed by atoms with Gasteiger partial charge in [0.15, 0.2) is 0 Å². The van der Waals surface area contributed by atoms with E-state index >= 15 is 0 Å². The van der Waals surface area contributed by atoms with Crippen LogP contribution in [0.3, 0.4) is 0 Å². The molecule has 2 rings (SSSR count). The maximum atomic E-state index is 13.2. The molecule has 1 aliphatic rings. The predicted octanol–water partition coefficient (Wildman–Crippen LogP) is 3.08. The molecule has 0 bridgehead atoms. The highest BCUT2D eigenvalue weighted by atomic mass is 19.1. The first-order valence-electron chi connectivity index (χ1n) is 7.19. The van der Waals surface area contributed by atoms with Crippen molar-refractivity contribution in [2.75, 3.05) is 26.3 Å². The number of benzene rings is 1. The number of halogens is 1. The molecule has 0 radical (unpaired) electrons. The minimum absolute atomic E-state index is 0.151. The number of hydrogen-bond acceptors (Lipinski definition) is 2. The van der Waals surface area contributed by atoms with Crippen LogP contribution in [0.2, 0.25) is 0 Å². The summed E-state index contributed by atoms with van der Waals surface area (Å²) < 4.78 is 18.9. The third-order valence-corrected chi connectivity index (χ3v) is 4.02. The van der Waals surface area contributed by atoms with Gasteiger partial charge in [-0.05, 0) is 56.0 Å². The predicted molar refractivity (Wildman–Crippen MR) is 75.9 cm³/mol. The van der Waals surface area contributed by atoms with Gasteiger partial charge in [-0.25, -0.2) is 4.39 Å². The van der Waals surface area contributed by atoms with E-state index < -0.39 is 0 Å². The second kappa shape index (κ2) is 6.49. The summed E-state index contributed by atoms with van der Waals surface area (Å²) in [6, 6.07) is 5.11. The lowest BCUT2D eigenvalue weighted by Gasteiger charge is -2.38. The van der Waals surface area contributed by atoms with Crippen molar-refractivity contribution in [1.82, 2.24) is 5.32 Å². The molecule has 1 saturated heterocycles. The first-order valence-corrected chi connectivity index (χ1v) is 7.19. The van der Waals surface area contributed by atoms with E-state index in [9.17, 15) is 4.39 Å². The monoisotopic (exact) mass is 265 g/mol. The zero-order valence-corrected chi connectivity index (χ0v) is 12.0. The smallest absolute Gasteiger partial charge is 0.123 e. The van der Waals surface area contributed by atoms with E-state index in [4.69, 9.17) is 4.74 Å². The molecule has 1 aliphatic heterocycles. The fraction of sp³-hybridized carbons (Fsp3) is 0.625. The van der Waals surface area contributed by atoms with E-state index in [1.54, 1.807) is 12.1 Å². The lowest BCUT2D eigenvalue weighted by Crippen LogP contribution is -2.42. The molecule has 2 nitrogen and oxygen atoms in total. The van der Waals surface area contributed by atoms with E-state index in [0.29, 0.717) is 0 Å². The van der Waals surface area contributed by atoms with Crippen LogP contribution in [-0.4, -0.2) is 26.3 Å². The number of aryl methyl sites for hydroxylation is 1. The Hall–Kier alpha value is -0.930. The Labute approximate surface area is 115 Å². The number of nitrogens with one attached hydrogen (secondary N) is 1. The number of rotatable bonds is 5. The summed E-state index contributed by atoms with van der Waals surface area (Å²) in [6.07, 6.45) is 3.26. The molecule has 106 valence electrons. The van der Waals surface area contributed by atoms with E-state index in [-0.39, 0.29) is 11.2 Å². The Morgan fingerprint density at radius 1 is 1.42 bits per heavy atom. The molecule has 1 N–H and O–H groups in total. The van der Waals surface area contributed by atoms with E-state index in [1.165, 1.54) is 12.0 Å². The molecule has 0 aromatic heterocycles. The highest BCUT2D eigenvalue weighted by molar-refractivity contribution is 5.28. The van der Waals surface area contributed by atoms with Crippen molar-refractivity contribution < 1.29 is 9.13 Å². The molecule has 0 spiro atoms. The zero-order valence-electron chi connectivity index (χ0n) is 12.0. The third-order valence-electron chi connectivity index (χ3n) is 4.02. The standard InChI is InChI=1S/C16H24FNO/c1-3-18-11-16(7-4-8-19-12-16)10-14-5-6-15(17)9-13(14)2/h5-6,9,18H,3-4,7-8,10-12H2,1-2H3. The SMILES string of the molecule is CCNCC1(Cc2ccc(F)cc2C)CCCOC1. The minimum Gasteiger partial charge on any atom is -0.381 e. The van der Waals surface area contributed by atoms with Crippen LogP contribution in [-0.2, 0) is 11.2 Å². The van der Waals surface area contributed by atoms with Gasteiger partial charge in [-0.2, -0.15) is 0 Å². The Kier molecular flexibility index (Phi) is 4.94. The molecule has 19 heavy (non-hydrogen) atoms. The van der Waals surface area contributed by atoms with Gasteiger partial charge in [0, 0.05) is 18.6 Å². The molecule has 1 aromatic rings. The van der Waals surface area contributed by atoms with Gasteiger partial charge in [-0.15, -0.1) is 0 Å². The molecule has 0 aliphatic carbocycles. The minimum atomic E-state index is -0.151. The van der Waals surface area contributed by atoms with Crippen LogP contribution in [0.4, 0.5) is 4.39 Å². The number of ether oxygens (including phenoxy) is 1. The zero-order chi connectivity index (χ0) is 13.7. The van der Waals surface area contributed by atoms with E-state index in [2.05, 4.69) is 12.2 Å². The molecule has 1 heterocycles. The van der Waals surface area contributed by atoms with Crippen molar-refractivity contribution in [2.24, 2.45) is 5.41 Å². The first kappa shape index (κ1) is 14.5. The van der Waals surface area contributed by atoms with Crippen molar-refractivity contribution in [2.45, 2.75) is 33.1 Å². The van der Waals surface area contributed by atoms with Crippen LogP contribution in [0.1, 0.15) is 30.9 Å². The Balaban J connectivity index is 2.14. The Morgan fingerprint density at radius 3 is 2.89 bits per heavy atom. The molecule has 1 atom stereocenters. The average molecular weight is 265 g/mol. The largest absolute Gasteiger partial charge is 0.381 e. The van der Waals surface area contributed by atoms with Crippen molar-refractivity contribution in [3.05, 3.63) is 35.1 Å². The van der Waals surface area contributed by atoms with Gasteiger partial charge in [-0.3, -0.25) is 0 Å². The van der Waals surface area contributed by atoms with E-state index in [1.807, 2.05) is 13.0 Å². The number of hydrogen-bond donors (Lipinski definition) is 1. The topological polar surface area (TPSA) is 21.3 Å². The van der Waals surface area contributed by atoms with Crippen LogP contribution < -0.4 is 5.32 Å². The van der Waals surface area contributed by atoms with Gasteiger partial charge in [0.2, 0.25) is 0 Å². The summed E-state index contributed by atoms with van der Waals surface area (Å²) in [5.41, 5.74) is 2.45. The van der Waals surface area contributed by atoms with Crippen molar-refractivity contribution in [1.29, 1.82) is 0 Å². The lowest BCUT2D eigenvalue weighted by atomic mass is 9.76. The van der Waals surface area contributed by atoms with Gasteiger partial charge in [0.25, 0.3) is 0 Å². The van der Waals surface area contributed by atoms with Crippen LogP contribution >= 0.6 is 0 Å². The molecule has 1 fully saturated rings. The van der Waals surface area contributed by atoms with E-state index in [0.717, 1.165) is 44.7 Å². The molecule has 0 amide bonds. The fourth-order valence-electron chi connectivity index (χ4n) is 2.90. The summed E-state index contributed by atoms with van der Waals surface area (Å²) in [6.45, 7) is 7.74. The van der Waals surface area contributed by atoms with Crippen LogP contribution in [0, 0.1) is 18.2 Å². The molecule has 3 heteroatoms. The summed E-state index contributed by atoms with van der Waals surface area (Å²) in [4.78, 5) is 0. The maximum absolute atomic E-state index is 13.2. The maximum Gasteiger partial charge on any atom is 0.123 e. The molecular weight excluding hydrogens is 241 g/mol. The van der Waals surface area contributed by atoms with Gasteiger partial charge in [-0.1, -0.05) is 13.0 Å². The Morgan fingerprint density at radius 2 is 2.26 bits per heavy atom. The summed E-state index contributed by atoms with van der Waals surface area (Å²) in [5.74, 6) is -0.151. The van der Waals surface area contributed by atoms with Crippen molar-refractivity contribution in [3.8, 4) is 0 Å². The van der Waals surface area contributed by atoms with Gasteiger partial charge in [0.1, 0.15) is 5.82 Å². The quantitative estimate of drug-likeness (QED) is 0.883. The van der Waals surface area contributed by atoms with Gasteiger partial charge in [0.05, 0.1) is 6.61 Å². The van der Waals surface area contributed by atoms with Gasteiger partial charge >= 0.3 is 0 Å². The highest BCUT2D eigenvalue weighted by Crippen LogP contribution is 2.33. The van der Waals surface area contributed by atoms with Crippen LogP contribution in [0.5, 0.6) is 0 Å². The van der Waals surface area contributed by atoms with Crippen LogP contribution in [0.25, 0.3) is 0 Å². The second-order valence-electron chi connectivity index (χ2n) is 5.68. The van der Waals surface area contributed by atoms with Crippen molar-refractivity contribution in [3.63, 3.8) is 0 Å². The summed E-state index contributed by atoms with van der Waals surface area (Å²) >= 11 is 0. The van der Waals surface area contributed by atoms with Crippen molar-refractivity contribution >= 4 is 0 Å². The van der Waals surface area contributed by atoms with Crippen LogP contribution in [0.15, 0.2) is 18.2 Å². The third kappa shape index (κ3) is 3.77. The molecule has 1 unspecified atom stereocenters. The fourth-order valence-corrected chi connectivity index (χ4v) is 2.90. The lowest BCUT2D eigenvalue weighted by molar-refractivity contribution is -0.00698. The first-order chi connectivity index (χ1) is 9.15. The second-order valence-corrected chi connectivity index (χ2v) is 5.68. The average Bonchev–Trinajstić information content (AvgIpc) is 2.41. The molecular formula is C16H24FNO. The normalized spacial score (nSPS) is 23.5. The summed E-state index contributed by atoms with van der Waals surface area (Å²) in [7, 11) is 0. The summed E-state index contributed by atoms with van der Waals surface area (Å²) in [5, 5.41) is 3.46. The highest BCUT2D eigenvalue weighted by Gasteiger charge is 2.33. The van der Waals surface area contributed by atoms with Gasteiger partial charge < -0.3 is 10.1 Å². The Bertz CT molecular complexity index is 413.